The van der Waals surface area contributed by atoms with Crippen LogP contribution in [0.25, 0.3) is 0 Å². The smallest absolute Gasteiger partial charge is 0.326 e. The van der Waals surface area contributed by atoms with E-state index >= 15 is 0 Å². The van der Waals surface area contributed by atoms with Crippen LogP contribution in [0.2, 0.25) is 0 Å². The fourth-order valence-electron chi connectivity index (χ4n) is 1.73. The molecule has 1 aromatic carbocycles. The summed E-state index contributed by atoms with van der Waals surface area (Å²) >= 11 is 0. The molecule has 0 saturated carbocycles. The number of carbonyl (C=O) groups excluding carboxylic acids is 3. The normalized spacial score (nSPS) is 14.7. The van der Waals surface area contributed by atoms with Gasteiger partial charge in [-0.1, -0.05) is 12.1 Å². The Balaban J connectivity index is 0.000000277. The van der Waals surface area contributed by atoms with Crippen molar-refractivity contribution in [2.45, 2.75) is 25.3 Å². The number of carboxylic acid groups (broad SMARTS) is 1. The van der Waals surface area contributed by atoms with E-state index in [-0.39, 0.29) is 30.1 Å². The zero-order chi connectivity index (χ0) is 17.4. The highest BCUT2D eigenvalue weighted by molar-refractivity contribution is 6.00. The van der Waals surface area contributed by atoms with Crippen molar-refractivity contribution in [3.63, 3.8) is 0 Å². The molecule has 1 aliphatic rings. The van der Waals surface area contributed by atoms with E-state index in [9.17, 15) is 19.2 Å². The van der Waals surface area contributed by atoms with Crippen molar-refractivity contribution in [2.75, 3.05) is 0 Å². The van der Waals surface area contributed by atoms with Crippen LogP contribution in [0.5, 0.6) is 5.75 Å². The van der Waals surface area contributed by atoms with Gasteiger partial charge in [0.2, 0.25) is 6.41 Å². The van der Waals surface area contributed by atoms with Crippen molar-refractivity contribution < 1.29 is 34.6 Å². The van der Waals surface area contributed by atoms with Gasteiger partial charge in [-0.2, -0.15) is 5.06 Å². The highest BCUT2D eigenvalue weighted by Gasteiger charge is 2.26. The van der Waals surface area contributed by atoms with E-state index in [4.69, 9.17) is 15.4 Å². The van der Waals surface area contributed by atoms with E-state index in [2.05, 4.69) is 5.32 Å². The summed E-state index contributed by atoms with van der Waals surface area (Å²) in [6.45, 7) is 0. The molecule has 1 atom stereocenters. The second kappa shape index (κ2) is 8.49. The number of benzene rings is 1. The zero-order valence-electron chi connectivity index (χ0n) is 12.0. The van der Waals surface area contributed by atoms with Gasteiger partial charge in [-0.05, 0) is 17.7 Å². The number of phenols is 1. The number of hydroxylamine groups is 2. The van der Waals surface area contributed by atoms with Gasteiger partial charge in [0.25, 0.3) is 11.8 Å². The van der Waals surface area contributed by atoms with Gasteiger partial charge >= 0.3 is 5.97 Å². The van der Waals surface area contributed by atoms with Crippen LogP contribution in [0.4, 0.5) is 0 Å². The molecular formula is C14H16N2O7. The van der Waals surface area contributed by atoms with Gasteiger partial charge in [-0.25, -0.2) is 4.79 Å². The number of nitrogens with zero attached hydrogens (tertiary/aromatic N) is 1. The maximum absolute atomic E-state index is 10.7. The summed E-state index contributed by atoms with van der Waals surface area (Å²) in [6, 6.07) is 5.21. The molecule has 0 radical (unpaired) electrons. The highest BCUT2D eigenvalue weighted by atomic mass is 16.5. The van der Waals surface area contributed by atoms with E-state index in [1.807, 2.05) is 0 Å². The monoisotopic (exact) mass is 324 g/mol. The molecule has 23 heavy (non-hydrogen) atoms. The maximum Gasteiger partial charge on any atom is 0.326 e. The standard InChI is InChI=1S/C10H11NO4.C4H5NO3/c12-6-11-9(10(14)15)5-7-1-3-8(13)4-2-7;6-3-1-2-4(7)5(3)8/h1-4,6,9,13H,5H2,(H,11,12)(H,14,15);8H,1-2H2/t9-;/m0./s1. The van der Waals surface area contributed by atoms with E-state index < -0.39 is 23.8 Å². The molecule has 1 saturated heterocycles. The van der Waals surface area contributed by atoms with Crippen molar-refractivity contribution in [2.24, 2.45) is 0 Å². The molecule has 1 aromatic rings. The van der Waals surface area contributed by atoms with Crippen LogP contribution < -0.4 is 5.32 Å². The lowest BCUT2D eigenvalue weighted by atomic mass is 10.1. The Labute approximate surface area is 131 Å². The molecule has 0 unspecified atom stereocenters. The van der Waals surface area contributed by atoms with Crippen LogP contribution in [0.1, 0.15) is 18.4 Å². The van der Waals surface area contributed by atoms with Crippen molar-refractivity contribution in [1.82, 2.24) is 10.4 Å². The SMILES string of the molecule is O=C1CCC(=O)N1O.O=CN[C@@H](Cc1ccc(O)cc1)C(=O)O. The van der Waals surface area contributed by atoms with Crippen molar-refractivity contribution in [1.29, 1.82) is 0 Å². The lowest BCUT2D eigenvalue weighted by Gasteiger charge is -2.10. The first-order valence-corrected chi connectivity index (χ1v) is 6.60. The lowest BCUT2D eigenvalue weighted by Crippen LogP contribution is -2.37. The Hall–Kier alpha value is -2.94. The van der Waals surface area contributed by atoms with E-state index in [1.54, 1.807) is 12.1 Å². The first-order valence-electron chi connectivity index (χ1n) is 6.60. The molecule has 4 N–H and O–H groups in total. The molecule has 0 spiro atoms. The van der Waals surface area contributed by atoms with Gasteiger partial charge in [-0.15, -0.1) is 0 Å². The Bertz CT molecular complexity index is 569. The molecular weight excluding hydrogens is 308 g/mol. The van der Waals surface area contributed by atoms with Gasteiger partial charge in [0, 0.05) is 19.3 Å². The minimum absolute atomic E-state index is 0.119. The van der Waals surface area contributed by atoms with Gasteiger partial charge in [0.15, 0.2) is 0 Å². The summed E-state index contributed by atoms with van der Waals surface area (Å²) in [6.07, 6.45) is 0.845. The van der Waals surface area contributed by atoms with Gasteiger partial charge in [0.1, 0.15) is 11.8 Å². The van der Waals surface area contributed by atoms with Gasteiger partial charge in [-0.3, -0.25) is 19.6 Å². The molecule has 1 heterocycles. The predicted octanol–water partition coefficient (Wildman–Crippen LogP) is -0.341. The molecule has 9 heteroatoms. The van der Waals surface area contributed by atoms with Gasteiger partial charge in [0.05, 0.1) is 0 Å². The number of amides is 3. The fourth-order valence-corrected chi connectivity index (χ4v) is 1.73. The molecule has 0 aliphatic carbocycles. The van der Waals surface area contributed by atoms with Crippen LogP contribution in [0.3, 0.4) is 0 Å². The summed E-state index contributed by atoms with van der Waals surface area (Å²) in [5.74, 6) is -1.98. The van der Waals surface area contributed by atoms with Crippen LogP contribution >= 0.6 is 0 Å². The third kappa shape index (κ3) is 5.75. The van der Waals surface area contributed by atoms with Crippen LogP contribution in [-0.4, -0.2) is 50.7 Å². The Morgan fingerprint density at radius 3 is 2.09 bits per heavy atom. The summed E-state index contributed by atoms with van der Waals surface area (Å²) in [7, 11) is 0. The molecule has 1 aliphatic heterocycles. The predicted molar refractivity (Wildman–Crippen MR) is 75.3 cm³/mol. The molecule has 0 bridgehead atoms. The Morgan fingerprint density at radius 1 is 1.22 bits per heavy atom. The van der Waals surface area contributed by atoms with Crippen molar-refractivity contribution >= 4 is 24.2 Å². The second-order valence-corrected chi connectivity index (χ2v) is 4.65. The number of carbonyl (C=O) groups is 4. The number of aromatic hydroxyl groups is 1. The number of carboxylic acids is 1. The van der Waals surface area contributed by atoms with E-state index in [0.29, 0.717) is 6.41 Å². The lowest BCUT2D eigenvalue weighted by molar-refractivity contribution is -0.171. The number of imide groups is 1. The van der Waals surface area contributed by atoms with Gasteiger partial charge < -0.3 is 15.5 Å². The summed E-state index contributed by atoms with van der Waals surface area (Å²) in [5.41, 5.74) is 0.731. The quantitative estimate of drug-likeness (QED) is 0.329. The van der Waals surface area contributed by atoms with Crippen molar-refractivity contribution in [3.05, 3.63) is 29.8 Å². The maximum atomic E-state index is 10.7. The van der Waals surface area contributed by atoms with E-state index in [0.717, 1.165) is 5.56 Å². The molecule has 0 aromatic heterocycles. The molecule has 124 valence electrons. The number of hydrogen-bond donors (Lipinski definition) is 4. The minimum Gasteiger partial charge on any atom is -0.508 e. The summed E-state index contributed by atoms with van der Waals surface area (Å²) in [4.78, 5) is 41.3. The number of hydrogen-bond acceptors (Lipinski definition) is 6. The first-order chi connectivity index (χ1) is 10.8. The summed E-state index contributed by atoms with van der Waals surface area (Å²) < 4.78 is 0. The number of aliphatic carboxylic acids is 1. The highest BCUT2D eigenvalue weighted by Crippen LogP contribution is 2.11. The Kier molecular flexibility index (Phi) is 6.68. The van der Waals surface area contributed by atoms with Crippen molar-refractivity contribution in [3.8, 4) is 5.75 Å². The third-order valence-electron chi connectivity index (χ3n) is 2.97. The minimum atomic E-state index is -1.09. The number of phenolic OH excluding ortho intramolecular Hbond substituents is 1. The largest absolute Gasteiger partial charge is 0.508 e. The van der Waals surface area contributed by atoms with E-state index in [1.165, 1.54) is 12.1 Å². The second-order valence-electron chi connectivity index (χ2n) is 4.65. The van der Waals surface area contributed by atoms with Crippen LogP contribution in [0.15, 0.2) is 24.3 Å². The average molecular weight is 324 g/mol. The number of nitrogens with one attached hydrogen (secondary N) is 1. The van der Waals surface area contributed by atoms with Crippen LogP contribution in [-0.2, 0) is 25.6 Å². The molecule has 3 amide bonds. The summed E-state index contributed by atoms with van der Waals surface area (Å²) in [5, 5.41) is 28.5. The average Bonchev–Trinajstić information content (AvgIpc) is 2.81. The first kappa shape index (κ1) is 18.1. The molecule has 9 nitrogen and oxygen atoms in total. The molecule has 2 rings (SSSR count). The topological polar surface area (TPSA) is 144 Å². The Morgan fingerprint density at radius 2 is 1.74 bits per heavy atom. The number of rotatable bonds is 5. The molecule has 1 fully saturated rings. The fraction of sp³-hybridized carbons (Fsp3) is 0.286. The van der Waals surface area contributed by atoms with Crippen LogP contribution in [0, 0.1) is 0 Å². The zero-order valence-corrected chi connectivity index (χ0v) is 12.0. The third-order valence-corrected chi connectivity index (χ3v) is 2.97.